The van der Waals surface area contributed by atoms with E-state index in [0.29, 0.717) is 44.1 Å². The number of hydrogen-bond acceptors (Lipinski definition) is 10. The van der Waals surface area contributed by atoms with E-state index in [0.717, 1.165) is 44.6 Å². The number of carbonyl (C=O) groups is 1. The van der Waals surface area contributed by atoms with Crippen LogP contribution in [0.15, 0.2) is 48.7 Å². The van der Waals surface area contributed by atoms with E-state index >= 15 is 0 Å². The van der Waals surface area contributed by atoms with Gasteiger partial charge in [0.2, 0.25) is 0 Å². The summed E-state index contributed by atoms with van der Waals surface area (Å²) in [6.07, 6.45) is 1.09. The van der Waals surface area contributed by atoms with E-state index in [4.69, 9.17) is 16.7 Å². The van der Waals surface area contributed by atoms with Crippen molar-refractivity contribution in [2.75, 3.05) is 88.2 Å². The number of halogens is 2. The van der Waals surface area contributed by atoms with Crippen LogP contribution in [0.4, 0.5) is 27.3 Å². The summed E-state index contributed by atoms with van der Waals surface area (Å²) in [5.41, 5.74) is 7.99. The topological polar surface area (TPSA) is 119 Å². The molecule has 2 aliphatic rings. The molecule has 2 saturated heterocycles. The molecule has 1 aromatic heterocycles. The smallest absolute Gasteiger partial charge is 0.273 e. The molecule has 5 N–H and O–H groups in total. The van der Waals surface area contributed by atoms with E-state index in [2.05, 4.69) is 55.0 Å². The molecule has 0 atom stereocenters. The van der Waals surface area contributed by atoms with Crippen molar-refractivity contribution < 1.29 is 19.4 Å². The second-order valence-electron chi connectivity index (χ2n) is 10.9. The van der Waals surface area contributed by atoms with Crippen molar-refractivity contribution in [3.8, 4) is 5.75 Å². The summed E-state index contributed by atoms with van der Waals surface area (Å²) in [4.78, 5) is 25.7. The average Bonchev–Trinajstić information content (AvgIpc) is 3.01. The maximum absolute atomic E-state index is 14.6. The fourth-order valence-electron chi connectivity index (χ4n) is 5.24. The van der Waals surface area contributed by atoms with Crippen molar-refractivity contribution in [1.82, 2.24) is 25.1 Å². The highest BCUT2D eigenvalue weighted by atomic mass is 35.5. The first-order valence-electron chi connectivity index (χ1n) is 14.4. The van der Waals surface area contributed by atoms with Crippen LogP contribution < -0.4 is 21.1 Å². The first kappa shape index (κ1) is 30.8. The highest BCUT2D eigenvalue weighted by Gasteiger charge is 2.21. The molecule has 5 rings (SSSR count). The van der Waals surface area contributed by atoms with Crippen molar-refractivity contribution in [1.29, 1.82) is 0 Å². The number of β-amino-alcohol motifs (C(OH)–C–C–N with tert-alkyl or cyclic N) is 1. The minimum absolute atomic E-state index is 0.0108. The van der Waals surface area contributed by atoms with E-state index in [9.17, 15) is 14.3 Å². The van der Waals surface area contributed by atoms with Gasteiger partial charge in [-0.15, -0.1) is 0 Å². The Balaban J connectivity index is 1.17. The summed E-state index contributed by atoms with van der Waals surface area (Å²) in [5.74, 6) is -1.23. The predicted molar refractivity (Wildman–Crippen MR) is 167 cm³/mol. The Kier molecular flexibility index (Phi) is 10.2. The van der Waals surface area contributed by atoms with Crippen molar-refractivity contribution in [3.05, 3.63) is 70.6 Å². The lowest BCUT2D eigenvalue weighted by Gasteiger charge is -2.35. The second-order valence-corrected chi connectivity index (χ2v) is 11.3. The van der Waals surface area contributed by atoms with Gasteiger partial charge in [0.05, 0.1) is 29.7 Å². The Morgan fingerprint density at radius 1 is 1.00 bits per heavy atom. The van der Waals surface area contributed by atoms with Crippen LogP contribution >= 0.6 is 11.6 Å². The van der Waals surface area contributed by atoms with Crippen LogP contribution in [-0.2, 0) is 6.54 Å². The molecule has 230 valence electrons. The molecule has 2 fully saturated rings. The molecule has 0 aliphatic carbocycles. The average molecular weight is 613 g/mol. The molecule has 11 nitrogen and oxygen atoms in total. The van der Waals surface area contributed by atoms with Gasteiger partial charge < -0.3 is 25.3 Å². The molecule has 0 unspecified atom stereocenters. The number of anilines is 4. The number of aromatic hydroxyl groups is 1. The summed E-state index contributed by atoms with van der Waals surface area (Å²) in [6, 6.07) is 12.7. The zero-order valence-corrected chi connectivity index (χ0v) is 24.9. The van der Waals surface area contributed by atoms with Crippen molar-refractivity contribution >= 4 is 40.4 Å². The molecule has 0 saturated carbocycles. The summed E-state index contributed by atoms with van der Waals surface area (Å²) in [6.45, 7) is 8.41. The molecule has 2 aromatic carbocycles. The fraction of sp³-hybridized carbons (Fsp3) is 0.400. The van der Waals surface area contributed by atoms with Crippen LogP contribution in [0.5, 0.6) is 5.75 Å². The van der Waals surface area contributed by atoms with Gasteiger partial charge in [-0.3, -0.25) is 25.4 Å². The second kappa shape index (κ2) is 14.2. The number of benzene rings is 2. The number of hydrazine groups is 1. The number of pyridine rings is 1. The van der Waals surface area contributed by atoms with Gasteiger partial charge in [-0.2, -0.15) is 0 Å². The Morgan fingerprint density at radius 3 is 2.40 bits per heavy atom. The Labute approximate surface area is 255 Å². The maximum atomic E-state index is 14.6. The molecule has 0 bridgehead atoms. The molecule has 1 amide bonds. The minimum atomic E-state index is -0.635. The summed E-state index contributed by atoms with van der Waals surface area (Å²) in [7, 11) is 2.14. The molecule has 0 radical (unpaired) electrons. The van der Waals surface area contributed by atoms with Gasteiger partial charge in [0, 0.05) is 77.2 Å². The lowest BCUT2D eigenvalue weighted by Crippen LogP contribution is -2.47. The van der Waals surface area contributed by atoms with Crippen LogP contribution in [0.25, 0.3) is 0 Å². The summed E-state index contributed by atoms with van der Waals surface area (Å²) >= 11 is 6.44. The zero-order valence-electron chi connectivity index (χ0n) is 24.2. The molecule has 13 heteroatoms. The van der Waals surface area contributed by atoms with Crippen LogP contribution in [0.3, 0.4) is 0 Å². The number of aliphatic hydroxyl groups excluding tert-OH is 1. The predicted octanol–water partition coefficient (Wildman–Crippen LogP) is 2.94. The number of aliphatic hydroxyl groups is 1. The molecular formula is C30H38ClFN8O3. The number of nitrogens with one attached hydrogen (secondary N) is 3. The van der Waals surface area contributed by atoms with Crippen molar-refractivity contribution in [2.45, 2.75) is 6.54 Å². The largest absolute Gasteiger partial charge is 0.505 e. The van der Waals surface area contributed by atoms with Gasteiger partial charge in [-0.25, -0.2) is 9.37 Å². The Hall–Kier alpha value is -3.68. The monoisotopic (exact) mass is 612 g/mol. The number of hydrogen-bond donors (Lipinski definition) is 5. The van der Waals surface area contributed by atoms with Gasteiger partial charge in [0.25, 0.3) is 5.91 Å². The van der Waals surface area contributed by atoms with Gasteiger partial charge in [-0.05, 0) is 36.9 Å². The normalized spacial score (nSPS) is 16.7. The minimum Gasteiger partial charge on any atom is -0.505 e. The highest BCUT2D eigenvalue weighted by Crippen LogP contribution is 2.36. The standard InChI is InChI=1S/C30H38ClFN8O3/c1-37-8-10-39(11-9-37)20-21-2-4-22(5-3-21)34-25-7-6-23(29(42)28(25)31)30(43)36-35-27-18-26(24(32)19-33-27)40-14-12-38(13-15-40)16-17-41/h2-7,18-19,34,41-42H,8-17,20H2,1H3,(H,33,35)(H,36,43). The third-order valence-electron chi connectivity index (χ3n) is 7.86. The van der Waals surface area contributed by atoms with Gasteiger partial charge in [0.1, 0.15) is 16.6 Å². The van der Waals surface area contributed by atoms with Crippen LogP contribution in [-0.4, -0.2) is 108 Å². The van der Waals surface area contributed by atoms with Gasteiger partial charge in [-0.1, -0.05) is 23.7 Å². The van der Waals surface area contributed by atoms with E-state index in [1.54, 1.807) is 6.07 Å². The van der Waals surface area contributed by atoms with Crippen molar-refractivity contribution in [3.63, 3.8) is 0 Å². The zero-order chi connectivity index (χ0) is 30.3. The lowest BCUT2D eigenvalue weighted by molar-refractivity contribution is 0.0960. The Bertz CT molecular complexity index is 1400. The van der Waals surface area contributed by atoms with Gasteiger partial charge in [0.15, 0.2) is 5.82 Å². The number of phenolic OH excluding ortho intramolecular Hbond substituents is 1. The number of aromatic nitrogens is 1. The Morgan fingerprint density at radius 2 is 1.70 bits per heavy atom. The molecule has 3 aromatic rings. The quantitative estimate of drug-likeness (QED) is 0.219. The molecule has 43 heavy (non-hydrogen) atoms. The van der Waals surface area contributed by atoms with E-state index in [-0.39, 0.29) is 28.8 Å². The van der Waals surface area contributed by atoms with Crippen molar-refractivity contribution in [2.24, 2.45) is 0 Å². The van der Waals surface area contributed by atoms with Crippen LogP contribution in [0, 0.1) is 5.82 Å². The van der Waals surface area contributed by atoms with Crippen LogP contribution in [0.2, 0.25) is 5.02 Å². The first-order valence-corrected chi connectivity index (χ1v) is 14.8. The summed E-state index contributed by atoms with van der Waals surface area (Å²) in [5, 5.41) is 23.1. The van der Waals surface area contributed by atoms with Crippen LogP contribution in [0.1, 0.15) is 15.9 Å². The third kappa shape index (κ3) is 7.84. The molecule has 0 spiro atoms. The number of likely N-dealkylation sites (N-methyl/N-ethyl adjacent to an activating group) is 1. The SMILES string of the molecule is CN1CCN(Cc2ccc(Nc3ccc(C(=O)NNc4cc(N5CCN(CCO)CC5)c(F)cn4)c(O)c3Cl)cc2)CC1. The van der Waals surface area contributed by atoms with E-state index < -0.39 is 11.7 Å². The highest BCUT2D eigenvalue weighted by molar-refractivity contribution is 6.35. The molecular weight excluding hydrogens is 575 g/mol. The summed E-state index contributed by atoms with van der Waals surface area (Å²) < 4.78 is 14.6. The number of phenols is 1. The third-order valence-corrected chi connectivity index (χ3v) is 8.25. The number of piperazine rings is 2. The van der Waals surface area contributed by atoms with Gasteiger partial charge >= 0.3 is 0 Å². The number of rotatable bonds is 10. The maximum Gasteiger partial charge on any atom is 0.273 e. The number of nitrogens with zero attached hydrogens (tertiary/aromatic N) is 5. The molecule has 2 aliphatic heterocycles. The molecule has 3 heterocycles. The lowest BCUT2D eigenvalue weighted by atomic mass is 10.1. The first-order chi connectivity index (χ1) is 20.8. The number of carbonyl (C=O) groups excluding carboxylic acids is 1. The van der Waals surface area contributed by atoms with E-state index in [1.165, 1.54) is 17.7 Å². The van der Waals surface area contributed by atoms with E-state index in [1.807, 2.05) is 17.0 Å². The number of amides is 1. The fourth-order valence-corrected chi connectivity index (χ4v) is 5.45.